The lowest BCUT2D eigenvalue weighted by molar-refractivity contribution is -0.119. The van der Waals surface area contributed by atoms with Crippen LogP contribution in [0.5, 0.6) is 0 Å². The third-order valence-corrected chi connectivity index (χ3v) is 2.03. The second-order valence-electron chi connectivity index (χ2n) is 3.20. The van der Waals surface area contributed by atoms with Crippen LogP contribution in [0.1, 0.15) is 19.8 Å². The number of carbonyl (C=O) groups is 1. The summed E-state index contributed by atoms with van der Waals surface area (Å²) in [6, 6.07) is 0. The summed E-state index contributed by atoms with van der Waals surface area (Å²) in [5.74, 6) is -0.289. The molecule has 0 aliphatic carbocycles. The van der Waals surface area contributed by atoms with Crippen LogP contribution in [-0.2, 0) is 9.53 Å². The zero-order valence-corrected chi connectivity index (χ0v) is 8.02. The van der Waals surface area contributed by atoms with E-state index in [1.165, 1.54) is 0 Å². The smallest absolute Gasteiger partial charge is 0.219 e. The van der Waals surface area contributed by atoms with E-state index >= 15 is 0 Å². The van der Waals surface area contributed by atoms with E-state index in [4.69, 9.17) is 10.5 Å². The minimum atomic E-state index is -0.289. The van der Waals surface area contributed by atoms with E-state index < -0.39 is 0 Å². The summed E-state index contributed by atoms with van der Waals surface area (Å²) in [5.41, 5.74) is 4.87. The van der Waals surface area contributed by atoms with E-state index in [2.05, 4.69) is 5.32 Å². The lowest BCUT2D eigenvalue weighted by Gasteiger charge is -2.27. The first kappa shape index (κ1) is 11.4. The molecule has 0 spiro atoms. The number of methoxy groups -OCH3 is 1. The van der Waals surface area contributed by atoms with Gasteiger partial charge in [0.25, 0.3) is 0 Å². The van der Waals surface area contributed by atoms with Crippen LogP contribution in [0.15, 0.2) is 0 Å². The van der Waals surface area contributed by atoms with Crippen molar-refractivity contribution in [3.63, 3.8) is 0 Å². The van der Waals surface area contributed by atoms with Gasteiger partial charge in [0.2, 0.25) is 5.91 Å². The third-order valence-electron chi connectivity index (χ3n) is 2.03. The summed E-state index contributed by atoms with van der Waals surface area (Å²) in [5, 5.41) is 3.06. The molecule has 1 amide bonds. The summed E-state index contributed by atoms with van der Waals surface area (Å²) in [4.78, 5) is 10.7. The van der Waals surface area contributed by atoms with E-state index in [-0.39, 0.29) is 11.4 Å². The Balaban J connectivity index is 3.95. The van der Waals surface area contributed by atoms with Crippen LogP contribution in [-0.4, -0.2) is 32.2 Å². The minimum Gasteiger partial charge on any atom is -0.385 e. The molecule has 4 heteroatoms. The van der Waals surface area contributed by atoms with Crippen molar-refractivity contribution >= 4 is 5.91 Å². The van der Waals surface area contributed by atoms with Crippen LogP contribution >= 0.6 is 0 Å². The summed E-state index contributed by atoms with van der Waals surface area (Å²) >= 11 is 0. The molecule has 0 rings (SSSR count). The maximum Gasteiger partial charge on any atom is 0.219 e. The first-order valence-corrected chi connectivity index (χ1v) is 4.00. The van der Waals surface area contributed by atoms with Crippen molar-refractivity contribution in [1.29, 1.82) is 0 Å². The Hall–Kier alpha value is -0.610. The molecule has 0 radical (unpaired) electrons. The highest BCUT2D eigenvalue weighted by Crippen LogP contribution is 2.13. The predicted molar refractivity (Wildman–Crippen MR) is 47.8 cm³/mol. The number of carbonyl (C=O) groups excluding carboxylic acids is 1. The fourth-order valence-electron chi connectivity index (χ4n) is 1.01. The van der Waals surface area contributed by atoms with Crippen LogP contribution in [0.25, 0.3) is 0 Å². The molecule has 0 fully saturated rings. The zero-order chi connectivity index (χ0) is 9.61. The molecule has 0 saturated carbocycles. The molecule has 3 N–H and O–H groups in total. The summed E-state index contributed by atoms with van der Waals surface area (Å²) in [6.07, 6.45) is 1.12. The first-order valence-electron chi connectivity index (χ1n) is 4.00. The van der Waals surface area contributed by atoms with Crippen molar-refractivity contribution in [1.82, 2.24) is 5.32 Å². The van der Waals surface area contributed by atoms with Crippen molar-refractivity contribution < 1.29 is 9.53 Å². The molecule has 0 bridgehead atoms. The third kappa shape index (κ3) is 4.31. The number of nitrogens with one attached hydrogen (secondary N) is 1. The van der Waals surface area contributed by atoms with Crippen molar-refractivity contribution in [2.45, 2.75) is 25.3 Å². The topological polar surface area (TPSA) is 64.3 Å². The van der Waals surface area contributed by atoms with E-state index in [1.54, 1.807) is 7.11 Å². The van der Waals surface area contributed by atoms with Gasteiger partial charge in [-0.2, -0.15) is 0 Å². The Bertz CT molecular complexity index is 150. The lowest BCUT2D eigenvalue weighted by Crippen LogP contribution is -2.44. The van der Waals surface area contributed by atoms with E-state index in [9.17, 15) is 4.79 Å². The average molecular weight is 174 g/mol. The Kier molecular flexibility index (Phi) is 4.85. The average Bonchev–Trinajstić information content (AvgIpc) is 2.00. The molecule has 12 heavy (non-hydrogen) atoms. The summed E-state index contributed by atoms with van der Waals surface area (Å²) < 4.78 is 4.93. The molecule has 0 heterocycles. The van der Waals surface area contributed by atoms with Crippen LogP contribution in [0, 0.1) is 0 Å². The van der Waals surface area contributed by atoms with Gasteiger partial charge in [0, 0.05) is 25.7 Å². The summed E-state index contributed by atoms with van der Waals surface area (Å²) in [6.45, 7) is 2.58. The van der Waals surface area contributed by atoms with Crippen LogP contribution in [0.3, 0.4) is 0 Å². The fourth-order valence-corrected chi connectivity index (χ4v) is 1.01. The number of primary amides is 1. The van der Waals surface area contributed by atoms with Crippen molar-refractivity contribution in [2.24, 2.45) is 5.73 Å². The van der Waals surface area contributed by atoms with Gasteiger partial charge in [-0.05, 0) is 20.4 Å². The highest BCUT2D eigenvalue weighted by molar-refractivity contribution is 5.75. The van der Waals surface area contributed by atoms with Gasteiger partial charge in [0.05, 0.1) is 0 Å². The highest BCUT2D eigenvalue weighted by Gasteiger charge is 2.23. The van der Waals surface area contributed by atoms with Crippen molar-refractivity contribution in [3.05, 3.63) is 0 Å². The SMILES string of the molecule is CNC(C)(CCOC)CC(N)=O. The largest absolute Gasteiger partial charge is 0.385 e. The molecular formula is C8H18N2O2. The first-order chi connectivity index (χ1) is 5.54. The Morgan fingerprint density at radius 3 is 2.58 bits per heavy atom. The van der Waals surface area contributed by atoms with Gasteiger partial charge in [-0.15, -0.1) is 0 Å². The molecule has 0 aliphatic heterocycles. The van der Waals surface area contributed by atoms with Gasteiger partial charge in [0.15, 0.2) is 0 Å². The maximum absolute atomic E-state index is 10.7. The quantitative estimate of drug-likeness (QED) is 0.590. The van der Waals surface area contributed by atoms with Gasteiger partial charge >= 0.3 is 0 Å². The van der Waals surface area contributed by atoms with E-state index in [0.29, 0.717) is 13.0 Å². The van der Waals surface area contributed by atoms with Crippen molar-refractivity contribution in [2.75, 3.05) is 20.8 Å². The number of amides is 1. The van der Waals surface area contributed by atoms with Crippen LogP contribution in [0.2, 0.25) is 0 Å². The standard InChI is InChI=1S/C8H18N2O2/c1-8(10-2,4-5-12-3)6-7(9)11/h10H,4-6H2,1-3H3,(H2,9,11). The predicted octanol–water partition coefficient (Wildman–Crippen LogP) is -0.124. The second kappa shape index (κ2) is 5.11. The van der Waals surface area contributed by atoms with Crippen LogP contribution < -0.4 is 11.1 Å². The van der Waals surface area contributed by atoms with Gasteiger partial charge in [-0.1, -0.05) is 0 Å². The minimum absolute atomic E-state index is 0.234. The van der Waals surface area contributed by atoms with E-state index in [1.807, 2.05) is 14.0 Å². The molecule has 1 unspecified atom stereocenters. The Morgan fingerprint density at radius 2 is 2.25 bits per heavy atom. The number of nitrogens with two attached hydrogens (primary N) is 1. The molecule has 0 aliphatic rings. The van der Waals surface area contributed by atoms with Gasteiger partial charge in [-0.25, -0.2) is 0 Å². The van der Waals surface area contributed by atoms with E-state index in [0.717, 1.165) is 6.42 Å². The number of hydrogen-bond acceptors (Lipinski definition) is 3. The summed E-state index contributed by atoms with van der Waals surface area (Å²) in [7, 11) is 3.46. The zero-order valence-electron chi connectivity index (χ0n) is 8.02. The van der Waals surface area contributed by atoms with Gasteiger partial charge in [0.1, 0.15) is 0 Å². The maximum atomic E-state index is 10.7. The monoisotopic (exact) mass is 174 g/mol. The molecule has 0 aromatic heterocycles. The second-order valence-corrected chi connectivity index (χ2v) is 3.20. The number of rotatable bonds is 6. The lowest BCUT2D eigenvalue weighted by atomic mass is 9.94. The Morgan fingerprint density at radius 1 is 1.67 bits per heavy atom. The molecule has 4 nitrogen and oxygen atoms in total. The van der Waals surface area contributed by atoms with Crippen molar-refractivity contribution in [3.8, 4) is 0 Å². The molecule has 72 valence electrons. The Labute approximate surface area is 73.5 Å². The van der Waals surface area contributed by atoms with Gasteiger partial charge < -0.3 is 15.8 Å². The number of ether oxygens (including phenoxy) is 1. The molecule has 0 aromatic rings. The molecule has 0 aromatic carbocycles. The molecule has 1 atom stereocenters. The van der Waals surface area contributed by atoms with Crippen LogP contribution in [0.4, 0.5) is 0 Å². The number of hydrogen-bond donors (Lipinski definition) is 2. The van der Waals surface area contributed by atoms with Gasteiger partial charge in [-0.3, -0.25) is 4.79 Å². The molecular weight excluding hydrogens is 156 g/mol. The highest BCUT2D eigenvalue weighted by atomic mass is 16.5. The normalized spacial score (nSPS) is 15.6. The fraction of sp³-hybridized carbons (Fsp3) is 0.875. The molecule has 0 saturated heterocycles.